The van der Waals surface area contributed by atoms with Gasteiger partial charge in [0.15, 0.2) is 0 Å². The summed E-state index contributed by atoms with van der Waals surface area (Å²) in [6.45, 7) is 4.20. The van der Waals surface area contributed by atoms with Crippen LogP contribution in [0.1, 0.15) is 45.1 Å². The first-order chi connectivity index (χ1) is 12.8. The van der Waals surface area contributed by atoms with Crippen LogP contribution in [0.5, 0.6) is 11.5 Å². The number of methoxy groups -OCH3 is 1. The molecule has 27 heavy (non-hydrogen) atoms. The molecule has 0 unspecified atom stereocenters. The van der Waals surface area contributed by atoms with E-state index in [0.717, 1.165) is 36.3 Å². The average molecular weight is 704 g/mol. The molecule has 6 heteroatoms. The van der Waals surface area contributed by atoms with E-state index in [2.05, 4.69) is 93.8 Å². The van der Waals surface area contributed by atoms with Gasteiger partial charge in [0.1, 0.15) is 23.3 Å². The highest BCUT2D eigenvalue weighted by Gasteiger charge is 2.46. The molecule has 1 aliphatic heterocycles. The Morgan fingerprint density at radius 2 is 1.96 bits per heavy atom. The Labute approximate surface area is 202 Å². The van der Waals surface area contributed by atoms with Crippen LogP contribution in [0.4, 0.5) is 0 Å². The van der Waals surface area contributed by atoms with Gasteiger partial charge in [0.05, 0.1) is 12.5 Å². The largest absolute Gasteiger partial charge is 0.497 e. The maximum Gasteiger partial charge on any atom is 0.143 e. The van der Waals surface area contributed by atoms with Gasteiger partial charge in [-0.3, -0.25) is 4.79 Å². The summed E-state index contributed by atoms with van der Waals surface area (Å²) >= 11 is 6.95. The second kappa shape index (κ2) is 8.89. The molecule has 0 saturated carbocycles. The predicted octanol–water partition coefficient (Wildman–Crippen LogP) is 6.89. The first kappa shape index (κ1) is 21.9. The average Bonchev–Trinajstić information content (AvgIpc) is 2.61. The van der Waals surface area contributed by atoms with Crippen LogP contribution in [0.2, 0.25) is 0 Å². The monoisotopic (exact) mass is 704 g/mol. The maximum absolute atomic E-state index is 12.5. The van der Waals surface area contributed by atoms with Crippen LogP contribution in [0.15, 0.2) is 35.4 Å². The summed E-state index contributed by atoms with van der Waals surface area (Å²) in [5, 5.41) is 0. The van der Waals surface area contributed by atoms with Crippen LogP contribution in [0.25, 0.3) is 5.57 Å². The van der Waals surface area contributed by atoms with Crippen LogP contribution in [-0.4, -0.2) is 18.9 Å². The minimum absolute atomic E-state index is 0.0265. The van der Waals surface area contributed by atoms with Crippen LogP contribution in [0, 0.1) is 5.41 Å². The molecule has 0 amide bonds. The van der Waals surface area contributed by atoms with Crippen molar-refractivity contribution < 1.29 is 14.3 Å². The topological polar surface area (TPSA) is 35.5 Å². The number of allylic oxidation sites excluding steroid dienone is 2. The summed E-state index contributed by atoms with van der Waals surface area (Å²) < 4.78 is 12.2. The van der Waals surface area contributed by atoms with E-state index in [9.17, 15) is 4.79 Å². The fraction of sp³-hybridized carbons (Fsp3) is 0.476. The van der Waals surface area contributed by atoms with Gasteiger partial charge in [0, 0.05) is 18.1 Å². The fourth-order valence-electron chi connectivity index (χ4n) is 4.32. The van der Waals surface area contributed by atoms with Gasteiger partial charge >= 0.3 is 0 Å². The summed E-state index contributed by atoms with van der Waals surface area (Å²) in [7, 11) is 1.67. The van der Waals surface area contributed by atoms with Gasteiger partial charge in [0.25, 0.3) is 0 Å². The third kappa shape index (κ3) is 4.36. The number of rotatable bonds is 1. The number of carbonyl (C=O) groups is 1. The number of alkyl halides is 3. The van der Waals surface area contributed by atoms with Crippen molar-refractivity contribution in [3.63, 3.8) is 0 Å². The van der Waals surface area contributed by atoms with E-state index < -0.39 is 0 Å². The number of hydrogen-bond acceptors (Lipinski definition) is 3. The third-order valence-corrected chi connectivity index (χ3v) is 5.64. The first-order valence-corrected chi connectivity index (χ1v) is 12.8. The van der Waals surface area contributed by atoms with E-state index in [4.69, 9.17) is 9.47 Å². The van der Waals surface area contributed by atoms with E-state index in [1.807, 2.05) is 12.1 Å². The van der Waals surface area contributed by atoms with Crippen molar-refractivity contribution in [3.05, 3.63) is 41.0 Å². The Bertz CT molecular complexity index is 810. The molecule has 0 aromatic heterocycles. The molecule has 2 atom stereocenters. The number of fused-ring (bicyclic) bond motifs is 4. The van der Waals surface area contributed by atoms with Crippen LogP contribution < -0.4 is 9.47 Å². The molecule has 146 valence electrons. The van der Waals surface area contributed by atoms with Crippen LogP contribution >= 0.6 is 67.8 Å². The standard InChI is InChI=1S/C20H22O3.CHI3/c1-12-19-15(14-8-7-13(22-3)11-17(14)23-12)9-10-20(2)16(19)5-4-6-18(20)21;2-1(3)4/h5,7-8,11-12H,4,6,9-10H2,1-3H3;1H/t12-,20+;/m1./s1. The van der Waals surface area contributed by atoms with Crippen molar-refractivity contribution in [1.82, 2.24) is 0 Å². The summed E-state index contributed by atoms with van der Waals surface area (Å²) in [5.74, 6) is 2.09. The second-order valence-corrected chi connectivity index (χ2v) is 18.1. The predicted molar refractivity (Wildman–Crippen MR) is 136 cm³/mol. The van der Waals surface area contributed by atoms with Gasteiger partial charge in [-0.05, 0) is 62.0 Å². The number of benzene rings is 1. The van der Waals surface area contributed by atoms with Crippen molar-refractivity contribution >= 4 is 79.1 Å². The van der Waals surface area contributed by atoms with Gasteiger partial charge in [-0.15, -0.1) is 0 Å². The smallest absolute Gasteiger partial charge is 0.143 e. The van der Waals surface area contributed by atoms with Crippen LogP contribution in [0.3, 0.4) is 0 Å². The number of ether oxygens (including phenoxy) is 2. The summed E-state index contributed by atoms with van der Waals surface area (Å²) in [5.41, 5.74) is 4.63. The second-order valence-electron chi connectivity index (χ2n) is 7.17. The zero-order valence-corrected chi connectivity index (χ0v) is 22.1. The quantitative estimate of drug-likeness (QED) is 0.236. The SMILES string of the molecule is COc1ccc2c(c1)O[C@H](C)C1=C2CC[C@]2(C)C(=O)CCC=C12.IC(I)I. The molecule has 3 aliphatic rings. The lowest BCUT2D eigenvalue weighted by Gasteiger charge is -2.44. The molecule has 1 heterocycles. The molecule has 0 fully saturated rings. The van der Waals surface area contributed by atoms with Crippen LogP contribution in [-0.2, 0) is 4.79 Å². The van der Waals surface area contributed by atoms with Gasteiger partial charge in [-0.2, -0.15) is 0 Å². The van der Waals surface area contributed by atoms with Gasteiger partial charge in [0.2, 0.25) is 0 Å². The van der Waals surface area contributed by atoms with Gasteiger partial charge in [-0.25, -0.2) is 0 Å². The fourth-order valence-corrected chi connectivity index (χ4v) is 4.32. The number of halogens is 3. The van der Waals surface area contributed by atoms with Gasteiger partial charge in [-0.1, -0.05) is 73.8 Å². The lowest BCUT2D eigenvalue weighted by molar-refractivity contribution is -0.126. The third-order valence-electron chi connectivity index (χ3n) is 5.64. The maximum atomic E-state index is 12.5. The normalized spacial score (nSPS) is 26.1. The molecular formula is C21H23I3O3. The molecule has 0 saturated heterocycles. The van der Waals surface area contributed by atoms with E-state index in [1.165, 1.54) is 16.7 Å². The number of Topliss-reactive ketones (excluding diaryl/α,β-unsaturated/α-hetero) is 1. The molecule has 2 aliphatic carbocycles. The van der Waals surface area contributed by atoms with Crippen molar-refractivity contribution in [3.8, 4) is 11.5 Å². The minimum Gasteiger partial charge on any atom is -0.497 e. The Morgan fingerprint density at radius 3 is 2.63 bits per heavy atom. The van der Waals surface area contributed by atoms with Crippen molar-refractivity contribution in [1.29, 1.82) is 0 Å². The molecule has 3 nitrogen and oxygen atoms in total. The molecule has 0 radical (unpaired) electrons. The molecular weight excluding hydrogens is 681 g/mol. The lowest BCUT2D eigenvalue weighted by atomic mass is 9.61. The zero-order valence-electron chi connectivity index (χ0n) is 15.7. The Hall–Kier alpha value is 0.160. The van der Waals surface area contributed by atoms with E-state index in [0.29, 0.717) is 12.2 Å². The Kier molecular flexibility index (Phi) is 7.20. The Morgan fingerprint density at radius 1 is 1.26 bits per heavy atom. The highest BCUT2D eigenvalue weighted by Crippen LogP contribution is 2.54. The first-order valence-electron chi connectivity index (χ1n) is 9.02. The summed E-state index contributed by atoms with van der Waals surface area (Å²) in [6.07, 6.45) is 5.59. The van der Waals surface area contributed by atoms with Crippen molar-refractivity contribution in [2.24, 2.45) is 5.41 Å². The molecule has 1 aromatic carbocycles. The molecule has 4 rings (SSSR count). The van der Waals surface area contributed by atoms with E-state index in [-0.39, 0.29) is 11.5 Å². The summed E-state index contributed by atoms with van der Waals surface area (Å²) in [6, 6.07) is 6.03. The number of hydrogen-bond donors (Lipinski definition) is 0. The summed E-state index contributed by atoms with van der Waals surface area (Å²) in [4.78, 5) is 12.5. The highest BCUT2D eigenvalue weighted by molar-refractivity contribution is 14.3. The van der Waals surface area contributed by atoms with Gasteiger partial charge < -0.3 is 9.47 Å². The molecule has 0 bridgehead atoms. The molecule has 0 N–H and O–H groups in total. The highest BCUT2D eigenvalue weighted by atomic mass is 127. The lowest BCUT2D eigenvalue weighted by Crippen LogP contribution is -2.39. The molecule has 1 aromatic rings. The van der Waals surface area contributed by atoms with Crippen molar-refractivity contribution in [2.45, 2.75) is 45.6 Å². The number of carbonyl (C=O) groups excluding carboxylic acids is 1. The van der Waals surface area contributed by atoms with E-state index >= 15 is 0 Å². The van der Waals surface area contributed by atoms with E-state index in [1.54, 1.807) is 7.11 Å². The number of ketones is 1. The van der Waals surface area contributed by atoms with Crippen molar-refractivity contribution in [2.75, 3.05) is 7.11 Å². The molecule has 0 spiro atoms. The minimum atomic E-state index is -0.321. The zero-order chi connectivity index (χ0) is 19.8. The Balaban J connectivity index is 0.000000481.